The molecule has 0 aromatic carbocycles. The number of halogens is 3. The third-order valence-electron chi connectivity index (χ3n) is 3.62. The molecule has 1 aliphatic heterocycles. The highest BCUT2D eigenvalue weighted by Crippen LogP contribution is 2.35. The number of hydrogen-bond donors (Lipinski definition) is 2. The van der Waals surface area contributed by atoms with Gasteiger partial charge in [0.05, 0.1) is 23.8 Å². The number of aromatic nitrogens is 3. The van der Waals surface area contributed by atoms with Gasteiger partial charge in [-0.05, 0) is 25.9 Å². The van der Waals surface area contributed by atoms with Crippen LogP contribution in [0.3, 0.4) is 0 Å². The summed E-state index contributed by atoms with van der Waals surface area (Å²) in [6.45, 7) is 1.64. The van der Waals surface area contributed by atoms with Gasteiger partial charge in [-0.25, -0.2) is 9.50 Å². The van der Waals surface area contributed by atoms with Crippen molar-refractivity contribution < 1.29 is 13.2 Å². The molecule has 8 heteroatoms. The SMILES string of the molecule is Nc1cnc2c(C(F)(F)F)cnn2c1C1CCNCC1. The Balaban J connectivity index is 2.16. The molecule has 2 aromatic heterocycles. The van der Waals surface area contributed by atoms with Gasteiger partial charge in [-0.3, -0.25) is 0 Å². The average Bonchev–Trinajstić information content (AvgIpc) is 2.83. The fourth-order valence-corrected chi connectivity index (χ4v) is 2.67. The number of fused-ring (bicyclic) bond motifs is 1. The van der Waals surface area contributed by atoms with Crippen LogP contribution in [0.25, 0.3) is 5.65 Å². The molecule has 2 aromatic rings. The van der Waals surface area contributed by atoms with E-state index in [0.717, 1.165) is 32.1 Å². The quantitative estimate of drug-likeness (QED) is 0.838. The minimum atomic E-state index is -4.46. The summed E-state index contributed by atoms with van der Waals surface area (Å²) in [4.78, 5) is 3.80. The van der Waals surface area contributed by atoms with Crippen molar-refractivity contribution >= 4 is 11.3 Å². The topological polar surface area (TPSA) is 68.2 Å². The van der Waals surface area contributed by atoms with Crippen molar-refractivity contribution in [3.63, 3.8) is 0 Å². The summed E-state index contributed by atoms with van der Waals surface area (Å²) in [5.74, 6) is 0.0998. The van der Waals surface area contributed by atoms with Gasteiger partial charge in [0, 0.05) is 5.92 Å². The molecule has 3 N–H and O–H groups in total. The molecule has 108 valence electrons. The Bertz CT molecular complexity index is 628. The van der Waals surface area contributed by atoms with E-state index >= 15 is 0 Å². The normalized spacial score (nSPS) is 17.8. The fourth-order valence-electron chi connectivity index (χ4n) is 2.67. The van der Waals surface area contributed by atoms with Gasteiger partial charge < -0.3 is 11.1 Å². The standard InChI is InChI=1S/C12H14F3N5/c13-12(14,15)8-5-19-20-10(7-1-3-17-4-2-7)9(16)6-18-11(8)20/h5-7,17H,1-4,16H2. The molecule has 1 saturated heterocycles. The predicted octanol–water partition coefficient (Wildman–Crippen LogP) is 1.80. The summed E-state index contributed by atoms with van der Waals surface area (Å²) in [5, 5.41) is 7.07. The monoisotopic (exact) mass is 285 g/mol. The first-order valence-corrected chi connectivity index (χ1v) is 6.38. The predicted molar refractivity (Wildman–Crippen MR) is 67.2 cm³/mol. The minimum Gasteiger partial charge on any atom is -0.396 e. The van der Waals surface area contributed by atoms with Gasteiger partial charge in [0.25, 0.3) is 0 Å². The molecule has 0 spiro atoms. The van der Waals surface area contributed by atoms with E-state index in [9.17, 15) is 13.2 Å². The summed E-state index contributed by atoms with van der Waals surface area (Å²) in [6, 6.07) is 0. The molecule has 0 amide bonds. The first-order valence-electron chi connectivity index (χ1n) is 6.38. The van der Waals surface area contributed by atoms with Crippen molar-refractivity contribution in [3.05, 3.63) is 23.7 Å². The van der Waals surface area contributed by atoms with Crippen LogP contribution in [0.15, 0.2) is 12.4 Å². The molecule has 0 atom stereocenters. The van der Waals surface area contributed by atoms with E-state index in [4.69, 9.17) is 5.73 Å². The van der Waals surface area contributed by atoms with E-state index in [1.807, 2.05) is 0 Å². The lowest BCUT2D eigenvalue weighted by molar-refractivity contribution is -0.136. The third-order valence-corrected chi connectivity index (χ3v) is 3.62. The minimum absolute atomic E-state index is 0.0998. The van der Waals surface area contributed by atoms with Gasteiger partial charge in [0.2, 0.25) is 0 Å². The summed E-state index contributed by atoms with van der Waals surface area (Å²) >= 11 is 0. The van der Waals surface area contributed by atoms with Crippen LogP contribution in [0.1, 0.15) is 30.0 Å². The highest BCUT2D eigenvalue weighted by Gasteiger charge is 2.36. The molecule has 1 fully saturated rings. The summed E-state index contributed by atoms with van der Waals surface area (Å²) in [6.07, 6.45) is -0.707. The van der Waals surface area contributed by atoms with Crippen molar-refractivity contribution in [2.24, 2.45) is 0 Å². The van der Waals surface area contributed by atoms with E-state index in [0.29, 0.717) is 11.4 Å². The number of piperidine rings is 1. The number of nitrogen functional groups attached to an aromatic ring is 1. The highest BCUT2D eigenvalue weighted by molar-refractivity contribution is 5.55. The number of anilines is 1. The number of nitrogens with zero attached hydrogens (tertiary/aromatic N) is 3. The Morgan fingerprint density at radius 1 is 1.25 bits per heavy atom. The zero-order valence-electron chi connectivity index (χ0n) is 10.6. The maximum atomic E-state index is 12.9. The van der Waals surface area contributed by atoms with Crippen LogP contribution >= 0.6 is 0 Å². The molecular weight excluding hydrogens is 271 g/mol. The Kier molecular flexibility index (Phi) is 3.04. The van der Waals surface area contributed by atoms with Crippen molar-refractivity contribution in [1.29, 1.82) is 0 Å². The second kappa shape index (κ2) is 4.62. The Morgan fingerprint density at radius 3 is 2.60 bits per heavy atom. The first kappa shape index (κ1) is 13.2. The Labute approximate surface area is 113 Å². The second-order valence-electron chi connectivity index (χ2n) is 4.91. The van der Waals surface area contributed by atoms with E-state index in [2.05, 4.69) is 15.4 Å². The smallest absolute Gasteiger partial charge is 0.396 e. The number of rotatable bonds is 1. The molecular formula is C12H14F3N5. The van der Waals surface area contributed by atoms with Gasteiger partial charge >= 0.3 is 6.18 Å². The van der Waals surface area contributed by atoms with Crippen LogP contribution in [0.5, 0.6) is 0 Å². The summed E-state index contributed by atoms with van der Waals surface area (Å²) in [5.41, 5.74) is 5.93. The molecule has 3 heterocycles. The van der Waals surface area contributed by atoms with Crippen LogP contribution in [-0.2, 0) is 6.18 Å². The lowest BCUT2D eigenvalue weighted by Gasteiger charge is -2.24. The third kappa shape index (κ3) is 2.09. The zero-order chi connectivity index (χ0) is 14.3. The van der Waals surface area contributed by atoms with Crippen LogP contribution < -0.4 is 11.1 Å². The van der Waals surface area contributed by atoms with Gasteiger partial charge in [0.15, 0.2) is 5.65 Å². The fraction of sp³-hybridized carbons (Fsp3) is 0.500. The number of nitrogens with two attached hydrogens (primary N) is 1. The van der Waals surface area contributed by atoms with E-state index in [-0.39, 0.29) is 11.6 Å². The van der Waals surface area contributed by atoms with Gasteiger partial charge in [-0.1, -0.05) is 0 Å². The Morgan fingerprint density at radius 2 is 1.95 bits per heavy atom. The van der Waals surface area contributed by atoms with Gasteiger partial charge in [0.1, 0.15) is 5.56 Å². The maximum absolute atomic E-state index is 12.9. The van der Waals surface area contributed by atoms with Crippen molar-refractivity contribution in [3.8, 4) is 0 Å². The molecule has 0 saturated carbocycles. The first-order chi connectivity index (χ1) is 9.48. The molecule has 3 rings (SSSR count). The molecule has 5 nitrogen and oxygen atoms in total. The van der Waals surface area contributed by atoms with Crippen LogP contribution in [0, 0.1) is 0 Å². The zero-order valence-corrected chi connectivity index (χ0v) is 10.6. The van der Waals surface area contributed by atoms with Crippen molar-refractivity contribution in [2.45, 2.75) is 24.9 Å². The van der Waals surface area contributed by atoms with Crippen LogP contribution in [0.4, 0.5) is 18.9 Å². The highest BCUT2D eigenvalue weighted by atomic mass is 19.4. The largest absolute Gasteiger partial charge is 0.421 e. The average molecular weight is 285 g/mol. The van der Waals surface area contributed by atoms with Gasteiger partial charge in [-0.15, -0.1) is 0 Å². The molecule has 0 radical (unpaired) electrons. The molecule has 1 aliphatic rings. The van der Waals surface area contributed by atoms with E-state index in [1.165, 1.54) is 10.7 Å². The summed E-state index contributed by atoms with van der Waals surface area (Å²) < 4.78 is 39.9. The number of hydrogen-bond acceptors (Lipinski definition) is 4. The van der Waals surface area contributed by atoms with Crippen LogP contribution in [0.2, 0.25) is 0 Å². The van der Waals surface area contributed by atoms with Crippen molar-refractivity contribution in [1.82, 2.24) is 19.9 Å². The molecule has 0 bridgehead atoms. The Hall–Kier alpha value is -1.83. The van der Waals surface area contributed by atoms with E-state index < -0.39 is 11.7 Å². The van der Waals surface area contributed by atoms with Crippen molar-refractivity contribution in [2.75, 3.05) is 18.8 Å². The molecule has 20 heavy (non-hydrogen) atoms. The van der Waals surface area contributed by atoms with E-state index in [1.54, 1.807) is 0 Å². The lowest BCUT2D eigenvalue weighted by Crippen LogP contribution is -2.28. The molecule has 0 unspecified atom stereocenters. The maximum Gasteiger partial charge on any atom is 0.421 e. The number of nitrogens with one attached hydrogen (secondary N) is 1. The number of alkyl halides is 3. The summed E-state index contributed by atoms with van der Waals surface area (Å²) in [7, 11) is 0. The van der Waals surface area contributed by atoms with Crippen LogP contribution in [-0.4, -0.2) is 27.7 Å². The lowest BCUT2D eigenvalue weighted by atomic mass is 9.93. The van der Waals surface area contributed by atoms with Gasteiger partial charge in [-0.2, -0.15) is 18.3 Å². The molecule has 0 aliphatic carbocycles. The second-order valence-corrected chi connectivity index (χ2v) is 4.91.